The first-order valence-electron chi connectivity index (χ1n) is 7.08. The maximum atomic E-state index is 10.9. The van der Waals surface area contributed by atoms with Crippen molar-refractivity contribution >= 4 is 44.7 Å². The zero-order valence-electron chi connectivity index (χ0n) is 12.2. The number of carboxylic acids is 1. The first-order chi connectivity index (χ1) is 10.1. The second kappa shape index (κ2) is 7.31. The van der Waals surface area contributed by atoms with E-state index in [-0.39, 0.29) is 5.75 Å². The molecule has 1 unspecified atom stereocenters. The van der Waals surface area contributed by atoms with Crippen LogP contribution in [0, 0.1) is 0 Å². The Labute approximate surface area is 137 Å². The number of rotatable bonds is 7. The van der Waals surface area contributed by atoms with Crippen LogP contribution in [0.4, 0.5) is 0 Å². The van der Waals surface area contributed by atoms with Crippen LogP contribution in [0.2, 0.25) is 0 Å². The van der Waals surface area contributed by atoms with E-state index in [1.807, 2.05) is 12.1 Å². The third-order valence-electron chi connectivity index (χ3n) is 3.40. The van der Waals surface area contributed by atoms with Gasteiger partial charge in [0.25, 0.3) is 0 Å². The molecule has 1 aromatic carbocycles. The third kappa shape index (κ3) is 3.80. The number of aliphatic carboxylic acids is 1. The highest BCUT2D eigenvalue weighted by molar-refractivity contribution is 9.10. The van der Waals surface area contributed by atoms with E-state index < -0.39 is 5.97 Å². The molecule has 0 bridgehead atoms. The van der Waals surface area contributed by atoms with Crippen molar-refractivity contribution in [1.82, 2.24) is 9.55 Å². The quantitative estimate of drug-likeness (QED) is 0.715. The lowest BCUT2D eigenvalue weighted by Gasteiger charge is -2.19. The first-order valence-corrected chi connectivity index (χ1v) is 8.86. The number of carbonyl (C=O) groups is 1. The minimum absolute atomic E-state index is 0.0348. The van der Waals surface area contributed by atoms with Gasteiger partial charge in [0, 0.05) is 10.5 Å². The summed E-state index contributed by atoms with van der Waals surface area (Å²) in [5, 5.41) is 9.72. The molecule has 0 amide bonds. The van der Waals surface area contributed by atoms with Gasteiger partial charge >= 0.3 is 5.97 Å². The second-order valence-electron chi connectivity index (χ2n) is 4.93. The number of benzene rings is 1. The summed E-state index contributed by atoms with van der Waals surface area (Å²) < 4.78 is 3.22. The minimum Gasteiger partial charge on any atom is -0.481 e. The Kier molecular flexibility index (Phi) is 5.70. The zero-order valence-corrected chi connectivity index (χ0v) is 14.6. The van der Waals surface area contributed by atoms with Crippen molar-refractivity contribution in [1.29, 1.82) is 0 Å². The zero-order chi connectivity index (χ0) is 15.4. The number of hydrogen-bond donors (Lipinski definition) is 1. The summed E-state index contributed by atoms with van der Waals surface area (Å²) in [7, 11) is 0. The molecule has 4 nitrogen and oxygen atoms in total. The molecule has 0 saturated heterocycles. The van der Waals surface area contributed by atoms with E-state index in [1.165, 1.54) is 11.8 Å². The van der Waals surface area contributed by atoms with Crippen LogP contribution >= 0.6 is 27.7 Å². The average Bonchev–Trinajstić information content (AvgIpc) is 2.80. The number of fused-ring (bicyclic) bond motifs is 1. The molecular formula is C15H19BrN2O2S. The standard InChI is InChI=1S/C15H19BrN2O2S/c1-3-5-11(4-2)18-13-8-10(16)6-7-12(13)17-15(18)21-9-14(19)20/h6-8,11H,3-5,9H2,1-2H3,(H,19,20). The number of halogens is 1. The molecule has 0 fully saturated rings. The fourth-order valence-electron chi connectivity index (χ4n) is 2.47. The van der Waals surface area contributed by atoms with Crippen LogP contribution in [0.15, 0.2) is 27.8 Å². The van der Waals surface area contributed by atoms with E-state index in [9.17, 15) is 4.79 Å². The molecule has 1 N–H and O–H groups in total. The van der Waals surface area contributed by atoms with E-state index in [2.05, 4.69) is 45.4 Å². The summed E-state index contributed by atoms with van der Waals surface area (Å²) in [6.45, 7) is 4.33. The molecule has 1 heterocycles. The predicted molar refractivity (Wildman–Crippen MR) is 90.0 cm³/mol. The summed E-state index contributed by atoms with van der Waals surface area (Å²) in [4.78, 5) is 15.5. The van der Waals surface area contributed by atoms with Crippen molar-refractivity contribution in [3.63, 3.8) is 0 Å². The van der Waals surface area contributed by atoms with Crippen molar-refractivity contribution < 1.29 is 9.90 Å². The Morgan fingerprint density at radius 3 is 2.86 bits per heavy atom. The molecule has 114 valence electrons. The Balaban J connectivity index is 2.51. The normalized spacial score (nSPS) is 12.7. The van der Waals surface area contributed by atoms with Gasteiger partial charge in [0.1, 0.15) is 0 Å². The van der Waals surface area contributed by atoms with Crippen LogP contribution in [0.3, 0.4) is 0 Å². The molecule has 0 spiro atoms. The number of nitrogens with zero attached hydrogens (tertiary/aromatic N) is 2. The molecule has 2 rings (SSSR count). The highest BCUT2D eigenvalue weighted by atomic mass is 79.9. The summed E-state index contributed by atoms with van der Waals surface area (Å²) in [5.74, 6) is -0.782. The summed E-state index contributed by atoms with van der Waals surface area (Å²) in [6, 6.07) is 6.35. The molecular weight excluding hydrogens is 352 g/mol. The van der Waals surface area contributed by atoms with Gasteiger partial charge in [-0.25, -0.2) is 4.98 Å². The second-order valence-corrected chi connectivity index (χ2v) is 6.79. The molecule has 1 aromatic heterocycles. The molecule has 0 aliphatic carbocycles. The van der Waals surface area contributed by atoms with Gasteiger partial charge in [0.2, 0.25) is 0 Å². The van der Waals surface area contributed by atoms with Gasteiger partial charge in [-0.1, -0.05) is 48.0 Å². The fraction of sp³-hybridized carbons (Fsp3) is 0.467. The molecule has 1 atom stereocenters. The maximum Gasteiger partial charge on any atom is 0.313 e. The number of thioether (sulfide) groups is 1. The Morgan fingerprint density at radius 1 is 1.48 bits per heavy atom. The fourth-order valence-corrected chi connectivity index (χ4v) is 3.63. The molecule has 0 aliphatic rings. The summed E-state index contributed by atoms with van der Waals surface area (Å²) in [6.07, 6.45) is 3.16. The van der Waals surface area contributed by atoms with Crippen molar-refractivity contribution in [2.24, 2.45) is 0 Å². The van der Waals surface area contributed by atoms with Crippen LogP contribution in [-0.2, 0) is 4.79 Å². The first kappa shape index (κ1) is 16.4. The molecule has 0 aliphatic heterocycles. The molecule has 6 heteroatoms. The smallest absolute Gasteiger partial charge is 0.313 e. The molecule has 0 saturated carbocycles. The Morgan fingerprint density at radius 2 is 2.24 bits per heavy atom. The lowest BCUT2D eigenvalue weighted by molar-refractivity contribution is -0.133. The van der Waals surface area contributed by atoms with Crippen molar-refractivity contribution in [3.8, 4) is 0 Å². The molecule has 2 aromatic rings. The predicted octanol–water partition coefficient (Wildman–Crippen LogP) is 4.73. The van der Waals surface area contributed by atoms with Crippen molar-refractivity contribution in [2.75, 3.05) is 5.75 Å². The van der Waals surface area contributed by atoms with Crippen LogP contribution in [0.1, 0.15) is 39.2 Å². The highest BCUT2D eigenvalue weighted by Gasteiger charge is 2.18. The van der Waals surface area contributed by atoms with Crippen LogP contribution < -0.4 is 0 Å². The molecule has 0 radical (unpaired) electrons. The lowest BCUT2D eigenvalue weighted by atomic mass is 10.1. The van der Waals surface area contributed by atoms with E-state index in [1.54, 1.807) is 0 Å². The Bertz CT molecular complexity index is 642. The Hall–Kier alpha value is -1.01. The van der Waals surface area contributed by atoms with Crippen molar-refractivity contribution in [2.45, 2.75) is 44.3 Å². The number of aromatic nitrogens is 2. The van der Waals surface area contributed by atoms with Gasteiger partial charge in [-0.3, -0.25) is 4.79 Å². The number of hydrogen-bond acceptors (Lipinski definition) is 3. The van der Waals surface area contributed by atoms with Crippen LogP contribution in [-0.4, -0.2) is 26.4 Å². The summed E-state index contributed by atoms with van der Waals surface area (Å²) >= 11 is 4.80. The van der Waals surface area contributed by atoms with Gasteiger partial charge in [-0.15, -0.1) is 0 Å². The van der Waals surface area contributed by atoms with E-state index in [4.69, 9.17) is 5.11 Å². The minimum atomic E-state index is -0.816. The van der Waals surface area contributed by atoms with Gasteiger partial charge in [-0.05, 0) is 31.0 Å². The maximum absolute atomic E-state index is 10.9. The van der Waals surface area contributed by atoms with Gasteiger partial charge in [0.05, 0.1) is 16.8 Å². The number of carboxylic acid groups (broad SMARTS) is 1. The highest BCUT2D eigenvalue weighted by Crippen LogP contribution is 2.32. The van der Waals surface area contributed by atoms with E-state index in [0.717, 1.165) is 39.9 Å². The largest absolute Gasteiger partial charge is 0.481 e. The lowest BCUT2D eigenvalue weighted by Crippen LogP contribution is -2.10. The van der Waals surface area contributed by atoms with Crippen LogP contribution in [0.5, 0.6) is 0 Å². The van der Waals surface area contributed by atoms with Gasteiger partial charge in [0.15, 0.2) is 5.16 Å². The third-order valence-corrected chi connectivity index (χ3v) is 4.83. The van der Waals surface area contributed by atoms with Gasteiger partial charge < -0.3 is 9.67 Å². The van der Waals surface area contributed by atoms with Gasteiger partial charge in [-0.2, -0.15) is 0 Å². The van der Waals surface area contributed by atoms with E-state index >= 15 is 0 Å². The topological polar surface area (TPSA) is 55.1 Å². The number of imidazole rings is 1. The van der Waals surface area contributed by atoms with Crippen molar-refractivity contribution in [3.05, 3.63) is 22.7 Å². The van der Waals surface area contributed by atoms with E-state index in [0.29, 0.717) is 6.04 Å². The molecule has 21 heavy (non-hydrogen) atoms. The summed E-state index contributed by atoms with van der Waals surface area (Å²) in [5.41, 5.74) is 1.98. The SMILES string of the molecule is CCCC(CC)n1c(SCC(=O)O)nc2ccc(Br)cc21. The monoisotopic (exact) mass is 370 g/mol. The van der Waals surface area contributed by atoms with Crippen LogP contribution in [0.25, 0.3) is 11.0 Å². The average molecular weight is 371 g/mol.